The minimum Gasteiger partial charge on any atom is -0.504 e. The quantitative estimate of drug-likeness (QED) is 0.870. The largest absolute Gasteiger partial charge is 0.504 e. The van der Waals surface area contributed by atoms with Crippen LogP contribution in [0.2, 0.25) is 5.02 Å². The van der Waals surface area contributed by atoms with E-state index in [9.17, 15) is 5.11 Å². The molecule has 0 aliphatic carbocycles. The van der Waals surface area contributed by atoms with Gasteiger partial charge in [-0.1, -0.05) is 23.7 Å². The Hall–Kier alpha value is -1.67. The SMILES string of the molecule is COc1ccc(-c2cc(C)cc(Cl)c2)cc1O. The van der Waals surface area contributed by atoms with Gasteiger partial charge in [0.2, 0.25) is 0 Å². The number of benzene rings is 2. The van der Waals surface area contributed by atoms with Crippen molar-refractivity contribution in [3.05, 3.63) is 47.0 Å². The van der Waals surface area contributed by atoms with Crippen molar-refractivity contribution in [3.8, 4) is 22.6 Å². The molecule has 0 saturated heterocycles. The highest BCUT2D eigenvalue weighted by Crippen LogP contribution is 2.32. The van der Waals surface area contributed by atoms with Gasteiger partial charge in [-0.3, -0.25) is 0 Å². The number of hydrogen-bond donors (Lipinski definition) is 1. The van der Waals surface area contributed by atoms with Crippen LogP contribution in [0.4, 0.5) is 0 Å². The predicted octanol–water partition coefficient (Wildman–Crippen LogP) is 4.03. The Bertz CT molecular complexity index is 530. The summed E-state index contributed by atoms with van der Waals surface area (Å²) >= 11 is 6.01. The summed E-state index contributed by atoms with van der Waals surface area (Å²) in [4.78, 5) is 0. The second-order valence-corrected chi connectivity index (χ2v) is 4.34. The van der Waals surface area contributed by atoms with E-state index in [2.05, 4.69) is 0 Å². The Morgan fingerprint density at radius 3 is 2.41 bits per heavy atom. The summed E-state index contributed by atoms with van der Waals surface area (Å²) in [5.74, 6) is 0.593. The molecular weight excluding hydrogens is 236 g/mol. The van der Waals surface area contributed by atoms with Crippen molar-refractivity contribution in [2.75, 3.05) is 7.11 Å². The molecule has 17 heavy (non-hydrogen) atoms. The van der Waals surface area contributed by atoms with E-state index in [1.54, 1.807) is 12.1 Å². The van der Waals surface area contributed by atoms with Gasteiger partial charge in [-0.2, -0.15) is 0 Å². The molecule has 0 amide bonds. The predicted molar refractivity (Wildman–Crippen MR) is 69.8 cm³/mol. The van der Waals surface area contributed by atoms with Crippen LogP contribution < -0.4 is 4.74 Å². The number of rotatable bonds is 2. The lowest BCUT2D eigenvalue weighted by Gasteiger charge is -2.07. The molecule has 2 nitrogen and oxygen atoms in total. The average Bonchev–Trinajstić information content (AvgIpc) is 2.27. The smallest absolute Gasteiger partial charge is 0.160 e. The first-order valence-corrected chi connectivity index (χ1v) is 5.62. The van der Waals surface area contributed by atoms with Crippen molar-refractivity contribution in [2.24, 2.45) is 0 Å². The second-order valence-electron chi connectivity index (χ2n) is 3.90. The van der Waals surface area contributed by atoms with Crippen LogP contribution in [0, 0.1) is 6.92 Å². The molecule has 0 aliphatic rings. The maximum Gasteiger partial charge on any atom is 0.160 e. The summed E-state index contributed by atoms with van der Waals surface area (Å²) in [7, 11) is 1.53. The van der Waals surface area contributed by atoms with E-state index in [1.807, 2.05) is 31.2 Å². The van der Waals surface area contributed by atoms with Crippen LogP contribution >= 0.6 is 11.6 Å². The third-order valence-corrected chi connectivity index (χ3v) is 2.77. The summed E-state index contributed by atoms with van der Waals surface area (Å²) < 4.78 is 5.01. The van der Waals surface area contributed by atoms with Crippen LogP contribution in [-0.2, 0) is 0 Å². The molecule has 0 bridgehead atoms. The van der Waals surface area contributed by atoms with Gasteiger partial charge in [0.1, 0.15) is 0 Å². The number of aryl methyl sites for hydroxylation is 1. The molecule has 0 aromatic heterocycles. The molecule has 0 spiro atoms. The summed E-state index contributed by atoms with van der Waals surface area (Å²) in [5, 5.41) is 10.4. The first-order valence-electron chi connectivity index (χ1n) is 5.25. The lowest BCUT2D eigenvalue weighted by Crippen LogP contribution is -1.85. The Morgan fingerprint density at radius 1 is 1.06 bits per heavy atom. The summed E-state index contributed by atoms with van der Waals surface area (Å²) in [5.41, 5.74) is 2.98. The number of phenols is 1. The number of hydrogen-bond acceptors (Lipinski definition) is 2. The van der Waals surface area contributed by atoms with E-state index in [0.29, 0.717) is 10.8 Å². The van der Waals surface area contributed by atoms with Crippen molar-refractivity contribution in [2.45, 2.75) is 6.92 Å². The molecular formula is C14H13ClO2. The minimum atomic E-state index is 0.127. The van der Waals surface area contributed by atoms with Gasteiger partial charge in [0.25, 0.3) is 0 Å². The summed E-state index contributed by atoms with van der Waals surface area (Å²) in [6, 6.07) is 11.1. The van der Waals surface area contributed by atoms with Gasteiger partial charge in [0.15, 0.2) is 11.5 Å². The number of ether oxygens (including phenoxy) is 1. The first-order chi connectivity index (χ1) is 8.10. The molecule has 0 atom stereocenters. The molecule has 2 aromatic carbocycles. The molecule has 2 rings (SSSR count). The third-order valence-electron chi connectivity index (χ3n) is 2.55. The van der Waals surface area contributed by atoms with Crippen molar-refractivity contribution in [3.63, 3.8) is 0 Å². The first kappa shape index (κ1) is 11.8. The van der Waals surface area contributed by atoms with Gasteiger partial charge in [0.05, 0.1) is 7.11 Å². The van der Waals surface area contributed by atoms with Crippen LogP contribution in [0.3, 0.4) is 0 Å². The molecule has 0 aliphatic heterocycles. The van der Waals surface area contributed by atoms with Gasteiger partial charge in [-0.05, 0) is 47.9 Å². The zero-order valence-corrected chi connectivity index (χ0v) is 10.5. The molecule has 1 N–H and O–H groups in total. The number of phenolic OH excluding ortho intramolecular Hbond substituents is 1. The molecule has 2 aromatic rings. The molecule has 0 saturated carbocycles. The van der Waals surface area contributed by atoms with E-state index in [4.69, 9.17) is 16.3 Å². The van der Waals surface area contributed by atoms with E-state index in [1.165, 1.54) is 7.11 Å². The molecule has 0 unspecified atom stereocenters. The molecule has 88 valence electrons. The summed E-state index contributed by atoms with van der Waals surface area (Å²) in [6.45, 7) is 1.98. The van der Waals surface area contributed by atoms with Gasteiger partial charge in [0, 0.05) is 5.02 Å². The maximum absolute atomic E-state index is 9.73. The number of halogens is 1. The zero-order valence-electron chi connectivity index (χ0n) is 9.70. The van der Waals surface area contributed by atoms with E-state index < -0.39 is 0 Å². The van der Waals surface area contributed by atoms with E-state index in [-0.39, 0.29) is 5.75 Å². The van der Waals surface area contributed by atoms with Crippen molar-refractivity contribution >= 4 is 11.6 Å². The van der Waals surface area contributed by atoms with Crippen LogP contribution in [0.15, 0.2) is 36.4 Å². The number of methoxy groups -OCH3 is 1. The third kappa shape index (κ3) is 2.53. The van der Waals surface area contributed by atoms with E-state index >= 15 is 0 Å². The number of aromatic hydroxyl groups is 1. The summed E-state index contributed by atoms with van der Waals surface area (Å²) in [6.07, 6.45) is 0. The van der Waals surface area contributed by atoms with Crippen LogP contribution in [-0.4, -0.2) is 12.2 Å². The Balaban J connectivity index is 2.49. The fourth-order valence-electron chi connectivity index (χ4n) is 1.77. The lowest BCUT2D eigenvalue weighted by atomic mass is 10.0. The molecule has 0 radical (unpaired) electrons. The van der Waals surface area contributed by atoms with Gasteiger partial charge < -0.3 is 9.84 Å². The maximum atomic E-state index is 9.73. The van der Waals surface area contributed by atoms with Crippen molar-refractivity contribution in [1.82, 2.24) is 0 Å². The van der Waals surface area contributed by atoms with Crippen molar-refractivity contribution < 1.29 is 9.84 Å². The van der Waals surface area contributed by atoms with Crippen LogP contribution in [0.25, 0.3) is 11.1 Å². The normalized spacial score (nSPS) is 10.3. The van der Waals surface area contributed by atoms with E-state index in [0.717, 1.165) is 16.7 Å². The highest BCUT2D eigenvalue weighted by molar-refractivity contribution is 6.30. The van der Waals surface area contributed by atoms with Gasteiger partial charge >= 0.3 is 0 Å². The zero-order chi connectivity index (χ0) is 12.4. The fraction of sp³-hybridized carbons (Fsp3) is 0.143. The minimum absolute atomic E-state index is 0.127. The monoisotopic (exact) mass is 248 g/mol. The Kier molecular flexibility index (Phi) is 3.25. The highest BCUT2D eigenvalue weighted by Gasteiger charge is 2.05. The lowest BCUT2D eigenvalue weighted by molar-refractivity contribution is 0.373. The topological polar surface area (TPSA) is 29.5 Å². The highest BCUT2D eigenvalue weighted by atomic mass is 35.5. The molecule has 0 fully saturated rings. The van der Waals surface area contributed by atoms with Crippen LogP contribution in [0.5, 0.6) is 11.5 Å². The van der Waals surface area contributed by atoms with Gasteiger partial charge in [-0.15, -0.1) is 0 Å². The van der Waals surface area contributed by atoms with Gasteiger partial charge in [-0.25, -0.2) is 0 Å². The standard InChI is InChI=1S/C14H13ClO2/c1-9-5-11(7-12(15)6-9)10-3-4-14(17-2)13(16)8-10/h3-8,16H,1-2H3. The molecule has 3 heteroatoms. The van der Waals surface area contributed by atoms with Crippen molar-refractivity contribution in [1.29, 1.82) is 0 Å². The second kappa shape index (κ2) is 4.68. The Morgan fingerprint density at radius 2 is 1.82 bits per heavy atom. The average molecular weight is 249 g/mol. The fourth-order valence-corrected chi connectivity index (χ4v) is 2.06. The van der Waals surface area contributed by atoms with Crippen LogP contribution in [0.1, 0.15) is 5.56 Å². The molecule has 0 heterocycles. The Labute approximate surface area is 105 Å².